The van der Waals surface area contributed by atoms with Crippen molar-refractivity contribution < 1.29 is 13.6 Å². The SMILES string of the molecule is CC(=O)c1cc2cc(Cl)c(F)cc2o1. The van der Waals surface area contributed by atoms with Crippen LogP contribution >= 0.6 is 11.6 Å². The normalized spacial score (nSPS) is 10.8. The lowest BCUT2D eigenvalue weighted by atomic mass is 10.2. The van der Waals surface area contributed by atoms with Crippen molar-refractivity contribution in [2.75, 3.05) is 0 Å². The van der Waals surface area contributed by atoms with E-state index in [0.29, 0.717) is 11.0 Å². The average Bonchev–Trinajstić information content (AvgIpc) is 2.48. The summed E-state index contributed by atoms with van der Waals surface area (Å²) in [6.45, 7) is 1.38. The summed E-state index contributed by atoms with van der Waals surface area (Å²) >= 11 is 5.57. The summed E-state index contributed by atoms with van der Waals surface area (Å²) in [6, 6.07) is 4.15. The fourth-order valence-corrected chi connectivity index (χ4v) is 1.38. The van der Waals surface area contributed by atoms with E-state index in [2.05, 4.69) is 0 Å². The lowest BCUT2D eigenvalue weighted by Gasteiger charge is -1.91. The van der Waals surface area contributed by atoms with Crippen molar-refractivity contribution in [3.05, 3.63) is 34.8 Å². The molecule has 1 aromatic carbocycles. The number of halogens is 2. The van der Waals surface area contributed by atoms with E-state index in [1.54, 1.807) is 6.07 Å². The third kappa shape index (κ3) is 1.40. The maximum absolute atomic E-state index is 13.0. The van der Waals surface area contributed by atoms with Crippen LogP contribution in [0.25, 0.3) is 11.0 Å². The molecule has 0 amide bonds. The molecule has 4 heteroatoms. The summed E-state index contributed by atoms with van der Waals surface area (Å²) in [5, 5.41) is 0.648. The minimum Gasteiger partial charge on any atom is -0.453 e. The third-order valence-corrected chi connectivity index (χ3v) is 2.20. The molecule has 0 fully saturated rings. The smallest absolute Gasteiger partial charge is 0.194 e. The molecule has 0 saturated heterocycles. The van der Waals surface area contributed by atoms with Crippen LogP contribution in [0.15, 0.2) is 22.6 Å². The van der Waals surface area contributed by atoms with Crippen LogP contribution in [0.5, 0.6) is 0 Å². The van der Waals surface area contributed by atoms with E-state index in [1.807, 2.05) is 0 Å². The molecule has 0 bridgehead atoms. The van der Waals surface area contributed by atoms with Crippen molar-refractivity contribution in [2.45, 2.75) is 6.92 Å². The van der Waals surface area contributed by atoms with E-state index < -0.39 is 5.82 Å². The highest BCUT2D eigenvalue weighted by atomic mass is 35.5. The van der Waals surface area contributed by atoms with Crippen LogP contribution in [0.2, 0.25) is 5.02 Å². The van der Waals surface area contributed by atoms with Crippen LogP contribution in [0, 0.1) is 5.82 Å². The van der Waals surface area contributed by atoms with E-state index in [1.165, 1.54) is 19.1 Å². The molecule has 1 aromatic heterocycles. The second-order valence-electron chi connectivity index (χ2n) is 2.97. The first-order chi connectivity index (χ1) is 6.58. The highest BCUT2D eigenvalue weighted by Gasteiger charge is 2.10. The zero-order valence-electron chi connectivity index (χ0n) is 7.30. The minimum atomic E-state index is -0.552. The van der Waals surface area contributed by atoms with Crippen LogP contribution in [0.4, 0.5) is 4.39 Å². The Morgan fingerprint density at radius 2 is 2.14 bits per heavy atom. The molecule has 0 aliphatic rings. The molecule has 1 heterocycles. The highest BCUT2D eigenvalue weighted by molar-refractivity contribution is 6.31. The van der Waals surface area contributed by atoms with E-state index >= 15 is 0 Å². The number of carbonyl (C=O) groups excluding carboxylic acids is 1. The predicted molar refractivity (Wildman–Crippen MR) is 51.2 cm³/mol. The van der Waals surface area contributed by atoms with Gasteiger partial charge in [-0.3, -0.25) is 4.79 Å². The first-order valence-electron chi connectivity index (χ1n) is 3.97. The molecule has 0 N–H and O–H groups in total. The molecule has 0 unspecified atom stereocenters. The van der Waals surface area contributed by atoms with E-state index in [4.69, 9.17) is 16.0 Å². The molecule has 14 heavy (non-hydrogen) atoms. The molecule has 0 spiro atoms. The standard InChI is InChI=1S/C10H6ClFO2/c1-5(13)9-3-6-2-7(11)8(12)4-10(6)14-9/h2-4H,1H3. The zero-order valence-corrected chi connectivity index (χ0v) is 8.06. The van der Waals surface area contributed by atoms with Gasteiger partial charge in [0, 0.05) is 18.4 Å². The first kappa shape index (κ1) is 9.21. The number of hydrogen-bond acceptors (Lipinski definition) is 2. The number of fused-ring (bicyclic) bond motifs is 1. The van der Waals surface area contributed by atoms with Crippen molar-refractivity contribution in [2.24, 2.45) is 0 Å². The molecule has 0 saturated carbocycles. The van der Waals surface area contributed by atoms with Crippen molar-refractivity contribution in [1.82, 2.24) is 0 Å². The molecule has 2 aromatic rings. The summed E-state index contributed by atoms with van der Waals surface area (Å²) < 4.78 is 18.1. The molecule has 2 nitrogen and oxygen atoms in total. The van der Waals surface area contributed by atoms with Gasteiger partial charge in [0.2, 0.25) is 0 Å². The summed E-state index contributed by atoms with van der Waals surface area (Å²) in [5.74, 6) is -0.539. The lowest BCUT2D eigenvalue weighted by molar-refractivity contribution is 0.0989. The van der Waals surface area contributed by atoms with Crippen molar-refractivity contribution in [3.63, 3.8) is 0 Å². The van der Waals surface area contributed by atoms with E-state index in [9.17, 15) is 9.18 Å². The van der Waals surface area contributed by atoms with Crippen LogP contribution in [0.3, 0.4) is 0 Å². The van der Waals surface area contributed by atoms with Crippen molar-refractivity contribution in [3.8, 4) is 0 Å². The monoisotopic (exact) mass is 212 g/mol. The molecule has 0 aliphatic carbocycles. The van der Waals surface area contributed by atoms with Crippen LogP contribution in [-0.4, -0.2) is 5.78 Å². The quantitative estimate of drug-likeness (QED) is 0.678. The number of ketones is 1. The Morgan fingerprint density at radius 1 is 1.43 bits per heavy atom. The van der Waals surface area contributed by atoms with Crippen LogP contribution < -0.4 is 0 Å². The molecular weight excluding hydrogens is 207 g/mol. The van der Waals surface area contributed by atoms with Gasteiger partial charge in [-0.25, -0.2) is 4.39 Å². The molecule has 0 radical (unpaired) electrons. The molecule has 0 atom stereocenters. The number of hydrogen-bond donors (Lipinski definition) is 0. The van der Waals surface area contributed by atoms with Gasteiger partial charge in [-0.05, 0) is 12.1 Å². The number of Topliss-reactive ketones (excluding diaryl/α,β-unsaturated/α-hetero) is 1. The first-order valence-corrected chi connectivity index (χ1v) is 4.35. The Balaban J connectivity index is 2.72. The Labute approximate surface area is 84.3 Å². The molecule has 2 rings (SSSR count). The van der Waals surface area contributed by atoms with Crippen molar-refractivity contribution in [1.29, 1.82) is 0 Å². The average molecular weight is 213 g/mol. The van der Waals surface area contributed by atoms with Gasteiger partial charge in [0.25, 0.3) is 0 Å². The summed E-state index contributed by atoms with van der Waals surface area (Å²) in [4.78, 5) is 11.0. The lowest BCUT2D eigenvalue weighted by Crippen LogP contribution is -1.85. The van der Waals surface area contributed by atoms with E-state index in [0.717, 1.165) is 0 Å². The van der Waals surface area contributed by atoms with Gasteiger partial charge in [-0.2, -0.15) is 0 Å². The maximum Gasteiger partial charge on any atom is 0.194 e. The highest BCUT2D eigenvalue weighted by Crippen LogP contribution is 2.25. The minimum absolute atomic E-state index is 0.0217. The number of carbonyl (C=O) groups is 1. The molecular formula is C10H6ClFO2. The zero-order chi connectivity index (χ0) is 10.3. The Hall–Kier alpha value is -1.35. The predicted octanol–water partition coefficient (Wildman–Crippen LogP) is 3.43. The van der Waals surface area contributed by atoms with Crippen molar-refractivity contribution >= 4 is 28.4 Å². The van der Waals surface area contributed by atoms with Gasteiger partial charge < -0.3 is 4.42 Å². The molecule has 72 valence electrons. The van der Waals surface area contributed by atoms with E-state index in [-0.39, 0.29) is 16.6 Å². The van der Waals surface area contributed by atoms with Gasteiger partial charge in [0.05, 0.1) is 5.02 Å². The molecule has 0 aliphatic heterocycles. The van der Waals surface area contributed by atoms with Crippen LogP contribution in [0.1, 0.15) is 17.5 Å². The number of furan rings is 1. The Kier molecular flexibility index (Phi) is 2.04. The fraction of sp³-hybridized carbons (Fsp3) is 0.100. The Morgan fingerprint density at radius 3 is 2.79 bits per heavy atom. The summed E-state index contributed by atoms with van der Waals surface area (Å²) in [7, 11) is 0. The van der Waals surface area contributed by atoms with Crippen LogP contribution in [-0.2, 0) is 0 Å². The second kappa shape index (κ2) is 3.10. The van der Waals surface area contributed by atoms with Gasteiger partial charge in [-0.15, -0.1) is 0 Å². The van der Waals surface area contributed by atoms with Gasteiger partial charge >= 0.3 is 0 Å². The largest absolute Gasteiger partial charge is 0.453 e. The van der Waals surface area contributed by atoms with Gasteiger partial charge in [0.15, 0.2) is 11.5 Å². The number of rotatable bonds is 1. The fourth-order valence-electron chi connectivity index (χ4n) is 1.21. The topological polar surface area (TPSA) is 30.2 Å². The maximum atomic E-state index is 13.0. The summed E-state index contributed by atoms with van der Waals surface area (Å²) in [6.07, 6.45) is 0. The summed E-state index contributed by atoms with van der Waals surface area (Å²) in [5.41, 5.74) is 0.331. The number of benzene rings is 1. The van der Waals surface area contributed by atoms with Gasteiger partial charge in [-0.1, -0.05) is 11.6 Å². The Bertz CT molecular complexity index is 477. The van der Waals surface area contributed by atoms with Gasteiger partial charge in [0.1, 0.15) is 11.4 Å². The third-order valence-electron chi connectivity index (χ3n) is 1.91. The second-order valence-corrected chi connectivity index (χ2v) is 3.38.